The molecule has 0 aliphatic carbocycles. The van der Waals surface area contributed by atoms with Gasteiger partial charge in [0.25, 0.3) is 5.56 Å². The monoisotopic (exact) mass is 232 g/mol. The van der Waals surface area contributed by atoms with E-state index in [0.717, 1.165) is 6.20 Å². The van der Waals surface area contributed by atoms with Crippen LogP contribution in [-0.4, -0.2) is 4.98 Å². The zero-order chi connectivity index (χ0) is 12.4. The first-order valence-electron chi connectivity index (χ1n) is 4.78. The molecule has 0 atom stereocenters. The van der Waals surface area contributed by atoms with Gasteiger partial charge < -0.3 is 10.7 Å². The van der Waals surface area contributed by atoms with Crippen molar-refractivity contribution in [2.24, 2.45) is 10.8 Å². The number of H-pyrrole nitrogens is 1. The van der Waals surface area contributed by atoms with Crippen molar-refractivity contribution in [3.8, 4) is 0 Å². The summed E-state index contributed by atoms with van der Waals surface area (Å²) in [6, 6.07) is 5.56. The summed E-state index contributed by atoms with van der Waals surface area (Å²) in [7, 11) is 0. The Hall–Kier alpha value is -2.50. The Balaban J connectivity index is 2.76. The summed E-state index contributed by atoms with van der Waals surface area (Å²) in [4.78, 5) is 14.2. The largest absolute Gasteiger partial charge is 0.403 e. The number of nitrogens with zero attached hydrogens (tertiary/aromatic N) is 1. The number of aromatic nitrogens is 1. The second-order valence-corrected chi connectivity index (χ2v) is 3.41. The number of hydrogen-bond acceptors (Lipinski definition) is 4. The molecule has 1 heterocycles. The molecule has 2 aromatic rings. The van der Waals surface area contributed by atoms with E-state index >= 15 is 0 Å². The topological polar surface area (TPSA) is 95.1 Å². The van der Waals surface area contributed by atoms with Gasteiger partial charge in [-0.3, -0.25) is 4.79 Å². The number of nitrogens with two attached hydrogens (primary N) is 1. The fourth-order valence-corrected chi connectivity index (χ4v) is 1.55. The van der Waals surface area contributed by atoms with Crippen molar-refractivity contribution in [2.75, 3.05) is 0 Å². The van der Waals surface area contributed by atoms with Crippen molar-refractivity contribution in [3.05, 3.63) is 52.2 Å². The number of rotatable bonds is 2. The summed E-state index contributed by atoms with van der Waals surface area (Å²) in [6.45, 7) is 0. The summed E-state index contributed by atoms with van der Waals surface area (Å²) in [5.74, 6) is -0.430. The highest BCUT2D eigenvalue weighted by atomic mass is 19.1. The molecule has 0 aliphatic heterocycles. The number of fused-ring (bicyclic) bond motifs is 1. The van der Waals surface area contributed by atoms with Gasteiger partial charge in [0, 0.05) is 6.20 Å². The van der Waals surface area contributed by atoms with E-state index in [2.05, 4.69) is 10.1 Å². The average Bonchev–Trinajstić information content (AvgIpc) is 2.31. The van der Waals surface area contributed by atoms with Gasteiger partial charge in [0.2, 0.25) is 0 Å². The summed E-state index contributed by atoms with van der Waals surface area (Å²) < 4.78 is 13.0. The van der Waals surface area contributed by atoms with Crippen LogP contribution in [0.3, 0.4) is 0 Å². The van der Waals surface area contributed by atoms with Crippen LogP contribution in [0.25, 0.3) is 16.6 Å². The molecule has 0 fully saturated rings. The van der Waals surface area contributed by atoms with E-state index in [1.807, 2.05) is 0 Å². The summed E-state index contributed by atoms with van der Waals surface area (Å²) in [5, 5.41) is 3.80. The van der Waals surface area contributed by atoms with Crippen molar-refractivity contribution in [3.63, 3.8) is 0 Å². The molecular weight excluding hydrogens is 223 g/mol. The molecule has 0 aliphatic rings. The third-order valence-electron chi connectivity index (χ3n) is 2.36. The number of halogens is 1. The number of benzene rings is 1. The van der Waals surface area contributed by atoms with Gasteiger partial charge in [0.1, 0.15) is 11.5 Å². The standard InChI is InChI=1S/C11H9FN4O/c12-7-2-1-6-3-8(10(5-13)16-14)11(17)15-9(6)4-7/h1-5,14H,13H2,(H,15,17)/b10-5-,16-14?. The van der Waals surface area contributed by atoms with Crippen molar-refractivity contribution < 1.29 is 4.39 Å². The zero-order valence-electron chi connectivity index (χ0n) is 8.70. The van der Waals surface area contributed by atoms with Gasteiger partial charge >= 0.3 is 0 Å². The van der Waals surface area contributed by atoms with Gasteiger partial charge in [-0.2, -0.15) is 5.11 Å². The fraction of sp³-hybridized carbons (Fsp3) is 0. The lowest BCUT2D eigenvalue weighted by molar-refractivity contribution is 0.629. The first kappa shape index (κ1) is 11.0. The molecule has 17 heavy (non-hydrogen) atoms. The summed E-state index contributed by atoms with van der Waals surface area (Å²) in [5.41, 5.74) is 12.3. The minimum Gasteiger partial charge on any atom is -0.403 e. The first-order valence-corrected chi connectivity index (χ1v) is 4.78. The lowest BCUT2D eigenvalue weighted by Gasteiger charge is -2.02. The van der Waals surface area contributed by atoms with E-state index in [4.69, 9.17) is 11.3 Å². The van der Waals surface area contributed by atoms with E-state index < -0.39 is 11.4 Å². The summed E-state index contributed by atoms with van der Waals surface area (Å²) in [6.07, 6.45) is 1.08. The number of nitrogens with one attached hydrogen (secondary N) is 2. The Morgan fingerprint density at radius 3 is 2.88 bits per heavy atom. The SMILES string of the molecule is N=N/C(=C\N)c1cc2ccc(F)cc2[nH]c1=O. The van der Waals surface area contributed by atoms with E-state index in [-0.39, 0.29) is 11.3 Å². The predicted molar refractivity (Wildman–Crippen MR) is 61.8 cm³/mol. The highest BCUT2D eigenvalue weighted by molar-refractivity contribution is 5.82. The van der Waals surface area contributed by atoms with Crippen LogP contribution >= 0.6 is 0 Å². The van der Waals surface area contributed by atoms with Gasteiger partial charge in [0.15, 0.2) is 0 Å². The van der Waals surface area contributed by atoms with E-state index in [0.29, 0.717) is 10.9 Å². The Bertz CT molecular complexity index is 675. The maximum atomic E-state index is 13.0. The Kier molecular flexibility index (Phi) is 2.70. The number of hydrogen-bond donors (Lipinski definition) is 3. The molecule has 0 unspecified atom stereocenters. The van der Waals surface area contributed by atoms with E-state index in [1.54, 1.807) is 0 Å². The molecule has 86 valence electrons. The fourth-order valence-electron chi connectivity index (χ4n) is 1.55. The molecule has 0 spiro atoms. The van der Waals surface area contributed by atoms with Gasteiger partial charge in [-0.1, -0.05) is 0 Å². The molecule has 1 aromatic carbocycles. The Morgan fingerprint density at radius 1 is 1.47 bits per heavy atom. The molecule has 0 radical (unpaired) electrons. The van der Waals surface area contributed by atoms with Crippen molar-refractivity contribution in [1.82, 2.24) is 4.98 Å². The zero-order valence-corrected chi connectivity index (χ0v) is 8.70. The molecule has 2 rings (SSSR count). The molecular formula is C11H9FN4O. The highest BCUT2D eigenvalue weighted by Gasteiger charge is 2.07. The Labute approximate surface area is 95.3 Å². The van der Waals surface area contributed by atoms with Crippen LogP contribution in [0.1, 0.15) is 5.56 Å². The normalized spacial score (nSPS) is 11.7. The summed E-state index contributed by atoms with van der Waals surface area (Å²) >= 11 is 0. The minimum absolute atomic E-state index is 0.0671. The average molecular weight is 232 g/mol. The van der Waals surface area contributed by atoms with Crippen molar-refractivity contribution >= 4 is 16.6 Å². The quantitative estimate of drug-likeness (QED) is 0.690. The third-order valence-corrected chi connectivity index (χ3v) is 2.36. The van der Waals surface area contributed by atoms with Crippen LogP contribution in [0.2, 0.25) is 0 Å². The first-order chi connectivity index (χ1) is 8.15. The third kappa shape index (κ3) is 1.92. The molecule has 4 N–H and O–H groups in total. The molecule has 0 bridgehead atoms. The van der Waals surface area contributed by atoms with Gasteiger partial charge in [0.05, 0.1) is 11.1 Å². The Morgan fingerprint density at radius 2 is 2.24 bits per heavy atom. The number of aromatic amines is 1. The predicted octanol–water partition coefficient (Wildman–Crippen LogP) is 1.96. The van der Waals surface area contributed by atoms with Crippen molar-refractivity contribution in [1.29, 1.82) is 5.53 Å². The molecule has 5 nitrogen and oxygen atoms in total. The number of pyridine rings is 1. The smallest absolute Gasteiger partial charge is 0.258 e. The molecule has 6 heteroatoms. The van der Waals surface area contributed by atoms with Crippen LogP contribution in [0.4, 0.5) is 4.39 Å². The molecule has 1 aromatic heterocycles. The van der Waals surface area contributed by atoms with Gasteiger partial charge in [-0.05, 0) is 29.7 Å². The van der Waals surface area contributed by atoms with Gasteiger partial charge in [-0.15, -0.1) is 0 Å². The molecule has 0 saturated carbocycles. The van der Waals surface area contributed by atoms with E-state index in [1.165, 1.54) is 24.3 Å². The van der Waals surface area contributed by atoms with Crippen LogP contribution in [0.15, 0.2) is 40.4 Å². The second-order valence-electron chi connectivity index (χ2n) is 3.41. The maximum absolute atomic E-state index is 13.0. The van der Waals surface area contributed by atoms with Crippen LogP contribution in [0.5, 0.6) is 0 Å². The minimum atomic E-state index is -0.462. The van der Waals surface area contributed by atoms with Gasteiger partial charge in [-0.25, -0.2) is 9.92 Å². The molecule has 0 amide bonds. The maximum Gasteiger partial charge on any atom is 0.258 e. The lowest BCUT2D eigenvalue weighted by Crippen LogP contribution is -2.11. The van der Waals surface area contributed by atoms with Crippen LogP contribution in [0, 0.1) is 11.3 Å². The van der Waals surface area contributed by atoms with Crippen LogP contribution < -0.4 is 11.3 Å². The van der Waals surface area contributed by atoms with E-state index in [9.17, 15) is 9.18 Å². The lowest BCUT2D eigenvalue weighted by atomic mass is 10.1. The second kappa shape index (κ2) is 4.17. The van der Waals surface area contributed by atoms with Crippen molar-refractivity contribution in [2.45, 2.75) is 0 Å². The highest BCUT2D eigenvalue weighted by Crippen LogP contribution is 2.17. The van der Waals surface area contributed by atoms with Crippen LogP contribution in [-0.2, 0) is 0 Å². The molecule has 0 saturated heterocycles.